The highest BCUT2D eigenvalue weighted by molar-refractivity contribution is 6.32. The number of hydrogen-bond acceptors (Lipinski definition) is 6. The van der Waals surface area contributed by atoms with Gasteiger partial charge in [0.15, 0.2) is 5.15 Å². The van der Waals surface area contributed by atoms with Crippen LogP contribution in [0.1, 0.15) is 0 Å². The van der Waals surface area contributed by atoms with Gasteiger partial charge in [0.2, 0.25) is 5.95 Å². The Morgan fingerprint density at radius 1 is 1.04 bits per heavy atom. The quantitative estimate of drug-likeness (QED) is 0.725. The number of ether oxygens (including phenoxy) is 1. The molecule has 0 bridgehead atoms. The first-order valence-corrected chi connectivity index (χ1v) is 8.40. The van der Waals surface area contributed by atoms with E-state index in [0.717, 1.165) is 24.5 Å². The first-order chi connectivity index (χ1) is 12.3. The molecule has 1 aliphatic heterocycles. The fourth-order valence-corrected chi connectivity index (χ4v) is 2.82. The minimum atomic E-state index is 0.382. The van der Waals surface area contributed by atoms with Gasteiger partial charge in [-0.15, -0.1) is 5.10 Å². The number of anilines is 3. The molecule has 2 aromatic heterocycles. The molecule has 1 saturated heterocycles. The maximum absolute atomic E-state index is 6.23. The van der Waals surface area contributed by atoms with E-state index >= 15 is 0 Å². The zero-order valence-corrected chi connectivity index (χ0v) is 14.2. The Balaban J connectivity index is 1.55. The van der Waals surface area contributed by atoms with E-state index in [9.17, 15) is 0 Å². The Hall–Kier alpha value is -2.64. The smallest absolute Gasteiger partial charge is 0.247 e. The van der Waals surface area contributed by atoms with Crippen molar-refractivity contribution < 1.29 is 4.74 Å². The molecule has 0 amide bonds. The van der Waals surface area contributed by atoms with Gasteiger partial charge in [0, 0.05) is 13.1 Å². The number of nitrogens with one attached hydrogen (secondary N) is 1. The largest absolute Gasteiger partial charge is 0.378 e. The number of hydrogen-bond donors (Lipinski definition) is 1. The van der Waals surface area contributed by atoms with Gasteiger partial charge in [0.1, 0.15) is 6.33 Å². The number of benzene rings is 1. The molecule has 0 radical (unpaired) electrons. The van der Waals surface area contributed by atoms with Gasteiger partial charge in [-0.2, -0.15) is 4.98 Å². The van der Waals surface area contributed by atoms with Gasteiger partial charge >= 0.3 is 0 Å². The summed E-state index contributed by atoms with van der Waals surface area (Å²) in [5.74, 6) is 0.465. The predicted molar refractivity (Wildman–Crippen MR) is 96.9 cm³/mol. The summed E-state index contributed by atoms with van der Waals surface area (Å²) >= 11 is 6.23. The highest BCUT2D eigenvalue weighted by Crippen LogP contribution is 2.27. The summed E-state index contributed by atoms with van der Waals surface area (Å²) in [4.78, 5) is 10.8. The summed E-state index contributed by atoms with van der Waals surface area (Å²) in [5.41, 5.74) is 2.61. The van der Waals surface area contributed by atoms with Crippen molar-refractivity contribution in [3.8, 4) is 5.69 Å². The molecule has 0 atom stereocenters. The third kappa shape index (κ3) is 3.57. The van der Waals surface area contributed by atoms with E-state index in [1.54, 1.807) is 17.2 Å². The maximum atomic E-state index is 6.23. The third-order valence-electron chi connectivity index (χ3n) is 3.96. The minimum absolute atomic E-state index is 0.382. The maximum Gasteiger partial charge on any atom is 0.247 e. The van der Waals surface area contributed by atoms with Crippen LogP contribution in [0.15, 0.2) is 48.9 Å². The molecule has 3 heterocycles. The lowest BCUT2D eigenvalue weighted by atomic mass is 10.3. The van der Waals surface area contributed by atoms with Gasteiger partial charge in [-0.25, -0.2) is 9.67 Å². The summed E-state index contributed by atoms with van der Waals surface area (Å²) in [7, 11) is 0. The van der Waals surface area contributed by atoms with Crippen LogP contribution in [0.3, 0.4) is 0 Å². The minimum Gasteiger partial charge on any atom is -0.378 e. The van der Waals surface area contributed by atoms with Gasteiger partial charge in [-0.3, -0.25) is 0 Å². The van der Waals surface area contributed by atoms with Gasteiger partial charge in [-0.05, 0) is 18.2 Å². The molecule has 1 fully saturated rings. The average molecular weight is 357 g/mol. The standard InChI is InChI=1S/C17H17ClN6O/c18-16-15(10-14(11-19-16)23-6-8-25-9-7-23)21-17-20-12-24(22-17)13-4-2-1-3-5-13/h1-5,10-12H,6-9H2,(H,21,22). The molecular formula is C17H17ClN6O. The predicted octanol–water partition coefficient (Wildman–Crippen LogP) is 2.90. The van der Waals surface area contributed by atoms with Crippen molar-refractivity contribution in [2.24, 2.45) is 0 Å². The van der Waals surface area contributed by atoms with Crippen molar-refractivity contribution in [1.29, 1.82) is 0 Å². The topological polar surface area (TPSA) is 68.1 Å². The summed E-state index contributed by atoms with van der Waals surface area (Å²) < 4.78 is 7.09. The molecule has 4 rings (SSSR count). The van der Waals surface area contributed by atoms with Gasteiger partial charge in [0.25, 0.3) is 0 Å². The number of halogens is 1. The van der Waals surface area contributed by atoms with Crippen molar-refractivity contribution in [1.82, 2.24) is 19.7 Å². The number of nitrogens with zero attached hydrogens (tertiary/aromatic N) is 5. The molecular weight excluding hydrogens is 340 g/mol. The number of aromatic nitrogens is 4. The number of rotatable bonds is 4. The second kappa shape index (κ2) is 7.08. The van der Waals surface area contributed by atoms with Crippen LogP contribution in [0, 0.1) is 0 Å². The molecule has 0 spiro atoms. The lowest BCUT2D eigenvalue weighted by molar-refractivity contribution is 0.122. The molecule has 3 aromatic rings. The van der Waals surface area contributed by atoms with Crippen molar-refractivity contribution in [3.63, 3.8) is 0 Å². The van der Waals surface area contributed by atoms with Crippen LogP contribution in [0.4, 0.5) is 17.3 Å². The van der Waals surface area contributed by atoms with Gasteiger partial charge in [0.05, 0.1) is 36.5 Å². The monoisotopic (exact) mass is 356 g/mol. The zero-order chi connectivity index (χ0) is 17.1. The Kier molecular flexibility index (Phi) is 4.49. The number of para-hydroxylation sites is 1. The van der Waals surface area contributed by atoms with Crippen LogP contribution in [-0.2, 0) is 4.74 Å². The van der Waals surface area contributed by atoms with Crippen molar-refractivity contribution in [2.45, 2.75) is 0 Å². The SMILES string of the molecule is Clc1ncc(N2CCOCC2)cc1Nc1ncn(-c2ccccc2)n1. The van der Waals surface area contributed by atoms with Gasteiger partial charge in [-0.1, -0.05) is 29.8 Å². The second-order valence-corrected chi connectivity index (χ2v) is 5.96. The highest BCUT2D eigenvalue weighted by Gasteiger charge is 2.14. The first kappa shape index (κ1) is 15.9. The molecule has 8 heteroatoms. The number of morpholine rings is 1. The van der Waals surface area contributed by atoms with Crippen LogP contribution in [0.25, 0.3) is 5.69 Å². The Labute approximate surface area is 150 Å². The van der Waals surface area contributed by atoms with E-state index in [2.05, 4.69) is 25.3 Å². The van der Waals surface area contributed by atoms with E-state index in [0.29, 0.717) is 30.0 Å². The molecule has 1 aromatic carbocycles. The van der Waals surface area contributed by atoms with Gasteiger partial charge < -0.3 is 15.0 Å². The van der Waals surface area contributed by atoms with E-state index in [1.165, 1.54) is 0 Å². The fraction of sp³-hybridized carbons (Fsp3) is 0.235. The molecule has 0 unspecified atom stereocenters. The van der Waals surface area contributed by atoms with Crippen LogP contribution >= 0.6 is 11.6 Å². The molecule has 0 saturated carbocycles. The summed E-state index contributed by atoms with van der Waals surface area (Å²) in [6.07, 6.45) is 3.43. The molecule has 1 aliphatic rings. The fourth-order valence-electron chi connectivity index (χ4n) is 2.67. The average Bonchev–Trinajstić information content (AvgIpc) is 3.14. The molecule has 25 heavy (non-hydrogen) atoms. The molecule has 7 nitrogen and oxygen atoms in total. The van der Waals surface area contributed by atoms with E-state index in [4.69, 9.17) is 16.3 Å². The van der Waals surface area contributed by atoms with Crippen LogP contribution in [-0.4, -0.2) is 46.1 Å². The van der Waals surface area contributed by atoms with Crippen LogP contribution in [0.2, 0.25) is 5.15 Å². The highest BCUT2D eigenvalue weighted by atomic mass is 35.5. The van der Waals surface area contributed by atoms with E-state index in [-0.39, 0.29) is 0 Å². The lowest BCUT2D eigenvalue weighted by Crippen LogP contribution is -2.36. The summed E-state index contributed by atoms with van der Waals surface area (Å²) in [6.45, 7) is 3.11. The Morgan fingerprint density at radius 2 is 1.84 bits per heavy atom. The second-order valence-electron chi connectivity index (χ2n) is 5.60. The Morgan fingerprint density at radius 3 is 2.64 bits per heavy atom. The number of pyridine rings is 1. The van der Waals surface area contributed by atoms with Crippen molar-refractivity contribution in [3.05, 3.63) is 54.1 Å². The van der Waals surface area contributed by atoms with Crippen molar-refractivity contribution in [2.75, 3.05) is 36.5 Å². The van der Waals surface area contributed by atoms with Crippen molar-refractivity contribution >= 4 is 28.9 Å². The normalized spacial score (nSPS) is 14.5. The summed E-state index contributed by atoms with van der Waals surface area (Å²) in [6, 6.07) is 11.8. The van der Waals surface area contributed by atoms with Crippen LogP contribution in [0.5, 0.6) is 0 Å². The summed E-state index contributed by atoms with van der Waals surface area (Å²) in [5, 5.41) is 7.96. The molecule has 0 aliphatic carbocycles. The Bertz CT molecular complexity index is 847. The first-order valence-electron chi connectivity index (χ1n) is 8.02. The molecule has 128 valence electrons. The van der Waals surface area contributed by atoms with E-state index in [1.807, 2.05) is 36.4 Å². The third-order valence-corrected chi connectivity index (χ3v) is 4.26. The van der Waals surface area contributed by atoms with E-state index < -0.39 is 0 Å². The zero-order valence-electron chi connectivity index (χ0n) is 13.5. The van der Waals surface area contributed by atoms with Crippen LogP contribution < -0.4 is 10.2 Å². The lowest BCUT2D eigenvalue weighted by Gasteiger charge is -2.28. The molecule has 1 N–H and O–H groups in total.